The lowest BCUT2D eigenvalue weighted by Crippen LogP contribution is -2.49. The van der Waals surface area contributed by atoms with Gasteiger partial charge in [0.15, 0.2) is 5.82 Å². The molecule has 1 aliphatic rings. The van der Waals surface area contributed by atoms with Crippen LogP contribution in [-0.4, -0.2) is 53.8 Å². The minimum Gasteiger partial charge on any atom is -0.494 e. The first-order valence-corrected chi connectivity index (χ1v) is 10.0. The van der Waals surface area contributed by atoms with E-state index in [4.69, 9.17) is 4.74 Å². The van der Waals surface area contributed by atoms with Crippen LogP contribution >= 0.6 is 0 Å². The number of rotatable bonds is 5. The highest BCUT2D eigenvalue weighted by atomic mass is 19.1. The van der Waals surface area contributed by atoms with Crippen LogP contribution in [0.15, 0.2) is 60.7 Å². The van der Waals surface area contributed by atoms with Crippen molar-refractivity contribution in [3.8, 4) is 17.0 Å². The molecule has 7 heteroatoms. The van der Waals surface area contributed by atoms with Crippen LogP contribution in [0.1, 0.15) is 17.3 Å². The van der Waals surface area contributed by atoms with Crippen molar-refractivity contribution in [1.29, 1.82) is 0 Å². The molecule has 0 unspecified atom stereocenters. The van der Waals surface area contributed by atoms with Crippen molar-refractivity contribution in [1.82, 2.24) is 15.1 Å². The zero-order valence-electron chi connectivity index (χ0n) is 16.8. The fourth-order valence-corrected chi connectivity index (χ4v) is 3.45. The maximum absolute atomic E-state index is 13.1. The molecule has 0 spiro atoms. The number of halogens is 1. The summed E-state index contributed by atoms with van der Waals surface area (Å²) < 4.78 is 18.5. The lowest BCUT2D eigenvalue weighted by atomic mass is 10.1. The summed E-state index contributed by atoms with van der Waals surface area (Å²) in [5.74, 6) is 1.20. The summed E-state index contributed by atoms with van der Waals surface area (Å²) in [6.07, 6.45) is 0. The van der Waals surface area contributed by atoms with Gasteiger partial charge in [-0.1, -0.05) is 0 Å². The van der Waals surface area contributed by atoms with E-state index in [-0.39, 0.29) is 11.7 Å². The molecule has 3 aromatic rings. The number of carbonyl (C=O) groups is 1. The molecule has 1 fully saturated rings. The molecular formula is C23H23FN4O2. The van der Waals surface area contributed by atoms with E-state index >= 15 is 0 Å². The van der Waals surface area contributed by atoms with Crippen LogP contribution in [0.2, 0.25) is 0 Å². The second-order valence-electron chi connectivity index (χ2n) is 7.02. The number of benzene rings is 2. The molecule has 1 amide bonds. The van der Waals surface area contributed by atoms with Gasteiger partial charge in [-0.15, -0.1) is 10.2 Å². The van der Waals surface area contributed by atoms with Crippen LogP contribution < -0.4 is 9.64 Å². The van der Waals surface area contributed by atoms with E-state index < -0.39 is 0 Å². The van der Waals surface area contributed by atoms with Crippen molar-refractivity contribution in [3.05, 3.63) is 72.0 Å². The number of amides is 1. The minimum atomic E-state index is -0.344. The number of piperazine rings is 1. The van der Waals surface area contributed by atoms with Gasteiger partial charge in [0.25, 0.3) is 5.91 Å². The van der Waals surface area contributed by atoms with E-state index in [1.807, 2.05) is 43.3 Å². The van der Waals surface area contributed by atoms with Crippen LogP contribution in [0.5, 0.6) is 5.75 Å². The van der Waals surface area contributed by atoms with Crippen LogP contribution in [0.3, 0.4) is 0 Å². The Morgan fingerprint density at radius 3 is 2.23 bits per heavy atom. The van der Waals surface area contributed by atoms with Gasteiger partial charge in [-0.3, -0.25) is 4.79 Å². The molecule has 1 saturated heterocycles. The number of anilines is 1. The Morgan fingerprint density at radius 1 is 0.933 bits per heavy atom. The van der Waals surface area contributed by atoms with E-state index in [0.29, 0.717) is 38.3 Å². The van der Waals surface area contributed by atoms with E-state index in [9.17, 15) is 9.18 Å². The standard InChI is InChI=1S/C23H23FN4O2/c1-2-30-20-9-5-17(6-10-20)21-11-12-22(26-25-21)27-13-15-28(16-14-27)23(29)18-3-7-19(24)8-4-18/h3-12H,2,13-16H2,1H3. The third-order valence-corrected chi connectivity index (χ3v) is 5.09. The Kier molecular flexibility index (Phi) is 5.88. The van der Waals surface area contributed by atoms with Gasteiger partial charge in [0.2, 0.25) is 0 Å². The van der Waals surface area contributed by atoms with Crippen molar-refractivity contribution >= 4 is 11.7 Å². The van der Waals surface area contributed by atoms with Gasteiger partial charge in [-0.25, -0.2) is 4.39 Å². The van der Waals surface area contributed by atoms with E-state index in [1.165, 1.54) is 24.3 Å². The third kappa shape index (κ3) is 4.40. The van der Waals surface area contributed by atoms with E-state index in [2.05, 4.69) is 15.1 Å². The molecule has 2 aromatic carbocycles. The van der Waals surface area contributed by atoms with Crippen molar-refractivity contribution < 1.29 is 13.9 Å². The molecule has 2 heterocycles. The van der Waals surface area contributed by atoms with E-state index in [1.54, 1.807) is 4.90 Å². The fraction of sp³-hybridized carbons (Fsp3) is 0.261. The van der Waals surface area contributed by atoms with Gasteiger partial charge in [-0.05, 0) is 67.6 Å². The highest BCUT2D eigenvalue weighted by Gasteiger charge is 2.23. The summed E-state index contributed by atoms with van der Waals surface area (Å²) >= 11 is 0. The first-order chi connectivity index (χ1) is 14.6. The lowest BCUT2D eigenvalue weighted by molar-refractivity contribution is 0.0746. The number of carbonyl (C=O) groups excluding carboxylic acids is 1. The maximum Gasteiger partial charge on any atom is 0.253 e. The molecule has 0 atom stereocenters. The Morgan fingerprint density at radius 2 is 1.63 bits per heavy atom. The Balaban J connectivity index is 1.36. The summed E-state index contributed by atoms with van der Waals surface area (Å²) in [6.45, 7) is 5.10. The molecule has 0 aliphatic carbocycles. The summed E-state index contributed by atoms with van der Waals surface area (Å²) in [5, 5.41) is 8.74. The quantitative estimate of drug-likeness (QED) is 0.647. The molecule has 1 aliphatic heterocycles. The zero-order chi connectivity index (χ0) is 20.9. The van der Waals surface area contributed by atoms with Gasteiger partial charge in [-0.2, -0.15) is 0 Å². The predicted octanol–water partition coefficient (Wildman–Crippen LogP) is 3.64. The molecule has 6 nitrogen and oxygen atoms in total. The number of aromatic nitrogens is 2. The van der Waals surface area contributed by atoms with Crippen LogP contribution in [0.25, 0.3) is 11.3 Å². The predicted molar refractivity (Wildman–Crippen MR) is 113 cm³/mol. The molecule has 30 heavy (non-hydrogen) atoms. The second kappa shape index (κ2) is 8.90. The van der Waals surface area contributed by atoms with Crippen molar-refractivity contribution in [2.75, 3.05) is 37.7 Å². The molecule has 1 aromatic heterocycles. The summed E-state index contributed by atoms with van der Waals surface area (Å²) in [6, 6.07) is 17.4. The largest absolute Gasteiger partial charge is 0.494 e. The highest BCUT2D eigenvalue weighted by molar-refractivity contribution is 5.94. The van der Waals surface area contributed by atoms with Gasteiger partial charge in [0, 0.05) is 37.3 Å². The first kappa shape index (κ1) is 19.8. The van der Waals surface area contributed by atoms with Crippen LogP contribution in [0.4, 0.5) is 10.2 Å². The van der Waals surface area contributed by atoms with Gasteiger partial charge in [0.05, 0.1) is 12.3 Å². The average molecular weight is 406 g/mol. The SMILES string of the molecule is CCOc1ccc(-c2ccc(N3CCN(C(=O)c4ccc(F)cc4)CC3)nn2)cc1. The second-order valence-corrected chi connectivity index (χ2v) is 7.02. The first-order valence-electron chi connectivity index (χ1n) is 10.0. The van der Waals surface area contributed by atoms with Crippen LogP contribution in [-0.2, 0) is 0 Å². The molecule has 0 saturated carbocycles. The summed E-state index contributed by atoms with van der Waals surface area (Å²) in [4.78, 5) is 16.5. The molecular weight excluding hydrogens is 383 g/mol. The third-order valence-electron chi connectivity index (χ3n) is 5.09. The number of hydrogen-bond acceptors (Lipinski definition) is 5. The fourth-order valence-electron chi connectivity index (χ4n) is 3.45. The molecule has 0 N–H and O–H groups in total. The van der Waals surface area contributed by atoms with Gasteiger partial charge < -0.3 is 14.5 Å². The topological polar surface area (TPSA) is 58.6 Å². The van der Waals surface area contributed by atoms with Crippen molar-refractivity contribution in [2.24, 2.45) is 0 Å². The van der Waals surface area contributed by atoms with Crippen molar-refractivity contribution in [2.45, 2.75) is 6.92 Å². The number of nitrogens with zero attached hydrogens (tertiary/aromatic N) is 4. The average Bonchev–Trinajstić information content (AvgIpc) is 2.80. The van der Waals surface area contributed by atoms with Gasteiger partial charge in [0.1, 0.15) is 11.6 Å². The van der Waals surface area contributed by atoms with Gasteiger partial charge >= 0.3 is 0 Å². The molecule has 0 bridgehead atoms. The van der Waals surface area contributed by atoms with E-state index in [0.717, 1.165) is 22.8 Å². The lowest BCUT2D eigenvalue weighted by Gasteiger charge is -2.35. The van der Waals surface area contributed by atoms with Crippen LogP contribution in [0, 0.1) is 5.82 Å². The number of ether oxygens (including phenoxy) is 1. The Hall–Kier alpha value is -3.48. The normalized spacial score (nSPS) is 13.9. The monoisotopic (exact) mass is 406 g/mol. The minimum absolute atomic E-state index is 0.0772. The Bertz CT molecular complexity index is 983. The summed E-state index contributed by atoms with van der Waals surface area (Å²) in [7, 11) is 0. The smallest absolute Gasteiger partial charge is 0.253 e. The maximum atomic E-state index is 13.1. The highest BCUT2D eigenvalue weighted by Crippen LogP contribution is 2.22. The summed E-state index contributed by atoms with van der Waals surface area (Å²) in [5.41, 5.74) is 2.28. The molecule has 0 radical (unpaired) electrons. The Labute approximate surface area is 174 Å². The van der Waals surface area contributed by atoms with Crippen molar-refractivity contribution in [3.63, 3.8) is 0 Å². The number of hydrogen-bond donors (Lipinski definition) is 0. The molecule has 4 rings (SSSR count). The molecule has 154 valence electrons. The zero-order valence-corrected chi connectivity index (χ0v) is 16.8.